The van der Waals surface area contributed by atoms with E-state index >= 15 is 4.39 Å². The number of anilines is 1. The summed E-state index contributed by atoms with van der Waals surface area (Å²) < 4.78 is 86.9. The predicted molar refractivity (Wildman–Crippen MR) is 157 cm³/mol. The Morgan fingerprint density at radius 1 is 0.977 bits per heavy atom. The number of ether oxygens (including phenoxy) is 3. The molecular formula is C31H32F3N3O5S. The number of fused-ring (bicyclic) bond motifs is 1. The Hall–Kier alpha value is -4.03. The molecule has 1 aliphatic rings. The number of hydrogen-bond donors (Lipinski definition) is 1. The van der Waals surface area contributed by atoms with Crippen LogP contribution in [0.25, 0.3) is 10.9 Å². The van der Waals surface area contributed by atoms with Crippen molar-refractivity contribution in [2.75, 3.05) is 38.1 Å². The van der Waals surface area contributed by atoms with E-state index in [9.17, 15) is 17.2 Å². The van der Waals surface area contributed by atoms with E-state index in [1.165, 1.54) is 38.3 Å². The predicted octanol–water partition coefficient (Wildman–Crippen LogP) is 6.75. The summed E-state index contributed by atoms with van der Waals surface area (Å²) in [7, 11) is -2.92. The van der Waals surface area contributed by atoms with Crippen molar-refractivity contribution >= 4 is 26.6 Å². The Labute approximate surface area is 248 Å². The van der Waals surface area contributed by atoms with Crippen LogP contribution in [0.2, 0.25) is 0 Å². The van der Waals surface area contributed by atoms with Gasteiger partial charge in [0.1, 0.15) is 22.3 Å². The highest BCUT2D eigenvalue weighted by Gasteiger charge is 2.21. The van der Waals surface area contributed by atoms with E-state index in [1.807, 2.05) is 0 Å². The monoisotopic (exact) mass is 615 g/mol. The molecule has 4 aromatic rings. The van der Waals surface area contributed by atoms with Gasteiger partial charge in [-0.1, -0.05) is 6.92 Å². The van der Waals surface area contributed by atoms with Crippen LogP contribution < -0.4 is 18.9 Å². The highest BCUT2D eigenvalue weighted by atomic mass is 32.2. The largest absolute Gasteiger partial charge is 0.493 e. The molecule has 2 heterocycles. The highest BCUT2D eigenvalue weighted by Crippen LogP contribution is 2.38. The molecule has 0 radical (unpaired) electrons. The summed E-state index contributed by atoms with van der Waals surface area (Å²) in [6, 6.07) is 10.5. The molecule has 3 aromatic carbocycles. The number of likely N-dealkylation sites (tertiary alicyclic amines) is 1. The Bertz CT molecular complexity index is 1720. The summed E-state index contributed by atoms with van der Waals surface area (Å²) in [4.78, 5) is 6.09. The number of sulfonamides is 1. The lowest BCUT2D eigenvalue weighted by Crippen LogP contribution is -2.35. The Balaban J connectivity index is 1.29. The molecule has 1 aliphatic heterocycles. The Morgan fingerprint density at radius 2 is 1.81 bits per heavy atom. The van der Waals surface area contributed by atoms with Crippen molar-refractivity contribution in [1.82, 2.24) is 9.88 Å². The zero-order chi connectivity index (χ0) is 30.6. The first kappa shape index (κ1) is 30.4. The molecule has 1 fully saturated rings. The molecule has 5 rings (SSSR count). The number of benzene rings is 3. The molecule has 1 aromatic heterocycles. The van der Waals surface area contributed by atoms with E-state index in [0.29, 0.717) is 35.1 Å². The third-order valence-corrected chi connectivity index (χ3v) is 8.61. The minimum Gasteiger partial charge on any atom is -0.493 e. The van der Waals surface area contributed by atoms with Crippen molar-refractivity contribution in [1.29, 1.82) is 0 Å². The number of rotatable bonds is 11. The lowest BCUT2D eigenvalue weighted by molar-refractivity contribution is 0.169. The van der Waals surface area contributed by atoms with Gasteiger partial charge in [0.2, 0.25) is 0 Å². The normalized spacial score (nSPS) is 15.8. The number of nitrogens with one attached hydrogen (secondary N) is 1. The van der Waals surface area contributed by atoms with E-state index < -0.39 is 32.4 Å². The third kappa shape index (κ3) is 7.31. The van der Waals surface area contributed by atoms with Crippen LogP contribution in [0.4, 0.5) is 18.9 Å². The maximum Gasteiger partial charge on any atom is 0.264 e. The van der Waals surface area contributed by atoms with Gasteiger partial charge in [0.15, 0.2) is 23.1 Å². The number of nitrogens with zero attached hydrogens (tertiary/aromatic N) is 2. The molecule has 1 unspecified atom stereocenters. The molecule has 8 nitrogen and oxygen atoms in total. The van der Waals surface area contributed by atoms with Crippen molar-refractivity contribution in [3.05, 3.63) is 78.2 Å². The molecule has 12 heteroatoms. The van der Waals surface area contributed by atoms with Crippen molar-refractivity contribution in [3.8, 4) is 23.0 Å². The fourth-order valence-electron chi connectivity index (χ4n) is 5.12. The third-order valence-electron chi connectivity index (χ3n) is 7.19. The minimum absolute atomic E-state index is 0.175. The standard InChI is InChI=1S/C31H32F3N3O5S/c1-20-5-3-12-37(19-20)13-4-14-41-30-18-26-23(17-29(30)40-2)27(10-11-35-26)42-28-8-7-22(16-24(28)33)36-43(38,39)31-9-6-21(32)15-25(31)34/h6-11,15-18,20,36H,3-5,12-14,19H2,1-2H3. The van der Waals surface area contributed by atoms with Crippen LogP contribution in [0.1, 0.15) is 26.2 Å². The van der Waals surface area contributed by atoms with Gasteiger partial charge in [-0.05, 0) is 68.1 Å². The number of halogens is 3. The van der Waals surface area contributed by atoms with Gasteiger partial charge in [-0.15, -0.1) is 0 Å². The fourth-order valence-corrected chi connectivity index (χ4v) is 6.23. The summed E-state index contributed by atoms with van der Waals surface area (Å²) >= 11 is 0. The summed E-state index contributed by atoms with van der Waals surface area (Å²) in [5, 5.41) is 0.546. The van der Waals surface area contributed by atoms with Gasteiger partial charge in [-0.25, -0.2) is 21.6 Å². The van der Waals surface area contributed by atoms with Crippen molar-refractivity contribution in [2.45, 2.75) is 31.1 Å². The van der Waals surface area contributed by atoms with Crippen LogP contribution in [0, 0.1) is 23.4 Å². The smallest absolute Gasteiger partial charge is 0.264 e. The van der Waals surface area contributed by atoms with Gasteiger partial charge < -0.3 is 19.1 Å². The first-order valence-corrected chi connectivity index (χ1v) is 15.4. The Morgan fingerprint density at radius 3 is 2.56 bits per heavy atom. The number of piperidine rings is 1. The van der Waals surface area contributed by atoms with Crippen molar-refractivity contribution < 1.29 is 35.8 Å². The molecule has 0 aliphatic carbocycles. The molecule has 1 atom stereocenters. The van der Waals surface area contributed by atoms with Crippen LogP contribution in [-0.2, 0) is 10.0 Å². The van der Waals surface area contributed by atoms with E-state index in [2.05, 4.69) is 21.5 Å². The van der Waals surface area contributed by atoms with E-state index in [1.54, 1.807) is 18.2 Å². The number of methoxy groups -OCH3 is 1. The highest BCUT2D eigenvalue weighted by molar-refractivity contribution is 7.92. The quantitative estimate of drug-likeness (QED) is 0.187. The first-order valence-electron chi connectivity index (χ1n) is 13.9. The van der Waals surface area contributed by atoms with E-state index in [0.717, 1.165) is 50.2 Å². The molecule has 0 bridgehead atoms. The van der Waals surface area contributed by atoms with Crippen LogP contribution in [0.3, 0.4) is 0 Å². The van der Waals surface area contributed by atoms with Crippen LogP contribution in [0.5, 0.6) is 23.0 Å². The molecule has 228 valence electrons. The second-order valence-electron chi connectivity index (χ2n) is 10.5. The maximum atomic E-state index is 15.0. The van der Waals surface area contributed by atoms with Gasteiger partial charge in [-0.2, -0.15) is 0 Å². The van der Waals surface area contributed by atoms with E-state index in [-0.39, 0.29) is 17.2 Å². The molecule has 43 heavy (non-hydrogen) atoms. The number of hydrogen-bond acceptors (Lipinski definition) is 7. The zero-order valence-corrected chi connectivity index (χ0v) is 24.6. The van der Waals surface area contributed by atoms with E-state index in [4.69, 9.17) is 14.2 Å². The molecule has 0 spiro atoms. The minimum atomic E-state index is -4.44. The van der Waals surface area contributed by atoms with Gasteiger partial charge in [-0.3, -0.25) is 9.71 Å². The maximum absolute atomic E-state index is 15.0. The topological polar surface area (TPSA) is 90.0 Å². The first-order chi connectivity index (χ1) is 20.6. The average molecular weight is 616 g/mol. The summed E-state index contributed by atoms with van der Waals surface area (Å²) in [5.41, 5.74) is 0.371. The average Bonchev–Trinajstić information content (AvgIpc) is 2.96. The lowest BCUT2D eigenvalue weighted by Gasteiger charge is -2.30. The van der Waals surface area contributed by atoms with Gasteiger partial charge >= 0.3 is 0 Å². The number of aromatic nitrogens is 1. The molecule has 0 amide bonds. The summed E-state index contributed by atoms with van der Waals surface area (Å²) in [5.74, 6) is -1.25. The fraction of sp³-hybridized carbons (Fsp3) is 0.323. The molecule has 1 saturated heterocycles. The summed E-state index contributed by atoms with van der Waals surface area (Å²) in [6.45, 7) is 5.98. The second-order valence-corrected chi connectivity index (χ2v) is 12.2. The van der Waals surface area contributed by atoms with Crippen LogP contribution in [-0.4, -0.2) is 51.7 Å². The number of pyridine rings is 1. The van der Waals surface area contributed by atoms with Crippen molar-refractivity contribution in [3.63, 3.8) is 0 Å². The van der Waals surface area contributed by atoms with Gasteiger partial charge in [0.05, 0.1) is 24.9 Å². The summed E-state index contributed by atoms with van der Waals surface area (Å²) in [6.07, 6.45) is 4.89. The zero-order valence-electron chi connectivity index (χ0n) is 23.8. The van der Waals surface area contributed by atoms with Gasteiger partial charge in [0.25, 0.3) is 10.0 Å². The van der Waals surface area contributed by atoms with Crippen molar-refractivity contribution in [2.24, 2.45) is 5.92 Å². The van der Waals surface area contributed by atoms with Crippen LogP contribution in [0.15, 0.2) is 65.7 Å². The second kappa shape index (κ2) is 13.1. The molecule has 0 saturated carbocycles. The van der Waals surface area contributed by atoms with Gasteiger partial charge in [0, 0.05) is 42.9 Å². The van der Waals surface area contributed by atoms with Crippen LogP contribution >= 0.6 is 0 Å². The Kier molecular flexibility index (Phi) is 9.26. The molecule has 1 N–H and O–H groups in total. The molecular weight excluding hydrogens is 583 g/mol. The SMILES string of the molecule is COc1cc2c(Oc3ccc(NS(=O)(=O)c4ccc(F)cc4F)cc3F)ccnc2cc1OCCCN1CCCC(C)C1. The lowest BCUT2D eigenvalue weighted by atomic mass is 10.0.